The molecular formula is C30H53N7O. The van der Waals surface area contributed by atoms with Gasteiger partial charge in [-0.05, 0) is 84.0 Å². The number of aryl methyl sites for hydroxylation is 1. The number of amides is 1. The molecule has 0 radical (unpaired) electrons. The fraction of sp³-hybridized carbons (Fsp3) is 0.633. The Balaban J connectivity index is 0.00000352. The SMILES string of the molecule is CC.CC\C=C/C(=N\C(=C\C(N)=O)CN(C)C1CCCc2cccnc21)N(C)CN(CC)CCCN(C)C. The van der Waals surface area contributed by atoms with Gasteiger partial charge < -0.3 is 15.5 Å². The van der Waals surface area contributed by atoms with E-state index in [-0.39, 0.29) is 6.04 Å². The second-order valence-corrected chi connectivity index (χ2v) is 9.90. The maximum atomic E-state index is 11.9. The molecule has 8 heteroatoms. The first-order valence-corrected chi connectivity index (χ1v) is 14.2. The second kappa shape index (κ2) is 18.7. The van der Waals surface area contributed by atoms with E-state index in [0.29, 0.717) is 12.2 Å². The number of aromatic nitrogens is 1. The van der Waals surface area contributed by atoms with Gasteiger partial charge in [-0.15, -0.1) is 0 Å². The highest BCUT2D eigenvalue weighted by Crippen LogP contribution is 2.32. The van der Waals surface area contributed by atoms with E-state index >= 15 is 0 Å². The Morgan fingerprint density at radius 2 is 1.92 bits per heavy atom. The Bertz CT molecular complexity index is 910. The van der Waals surface area contributed by atoms with E-state index in [4.69, 9.17) is 10.7 Å². The van der Waals surface area contributed by atoms with Crippen molar-refractivity contribution in [1.82, 2.24) is 24.6 Å². The second-order valence-electron chi connectivity index (χ2n) is 9.90. The number of nitrogens with two attached hydrogens (primary N) is 1. The molecular weight excluding hydrogens is 474 g/mol. The molecule has 1 aromatic heterocycles. The van der Waals surface area contributed by atoms with Crippen LogP contribution in [0.2, 0.25) is 0 Å². The first-order valence-electron chi connectivity index (χ1n) is 14.2. The molecule has 1 aliphatic carbocycles. The summed E-state index contributed by atoms with van der Waals surface area (Å²) in [5.74, 6) is 0.343. The van der Waals surface area contributed by atoms with Crippen molar-refractivity contribution < 1.29 is 4.79 Å². The molecule has 0 saturated carbocycles. The van der Waals surface area contributed by atoms with E-state index in [0.717, 1.165) is 69.9 Å². The number of carbonyl (C=O) groups excluding carboxylic acids is 1. The Labute approximate surface area is 232 Å². The zero-order valence-electron chi connectivity index (χ0n) is 25.3. The van der Waals surface area contributed by atoms with Crippen LogP contribution in [0.3, 0.4) is 0 Å². The summed E-state index contributed by atoms with van der Waals surface area (Å²) in [7, 11) is 8.34. The van der Waals surface area contributed by atoms with Gasteiger partial charge in [0.15, 0.2) is 0 Å². The van der Waals surface area contributed by atoms with Crippen LogP contribution in [0, 0.1) is 0 Å². The lowest BCUT2D eigenvalue weighted by Crippen LogP contribution is -2.40. The monoisotopic (exact) mass is 527 g/mol. The third-order valence-corrected chi connectivity index (χ3v) is 6.51. The van der Waals surface area contributed by atoms with Crippen LogP contribution in [0.15, 0.2) is 47.2 Å². The largest absolute Gasteiger partial charge is 0.366 e. The van der Waals surface area contributed by atoms with Crippen LogP contribution in [0.5, 0.6) is 0 Å². The highest BCUT2D eigenvalue weighted by Gasteiger charge is 2.25. The van der Waals surface area contributed by atoms with E-state index in [1.807, 2.05) is 32.2 Å². The third-order valence-electron chi connectivity index (χ3n) is 6.51. The molecule has 1 unspecified atom stereocenters. The summed E-state index contributed by atoms with van der Waals surface area (Å²) in [6.07, 6.45) is 12.7. The molecule has 0 aromatic carbocycles. The molecule has 1 amide bonds. The molecule has 1 aliphatic rings. The van der Waals surface area contributed by atoms with Crippen LogP contribution in [-0.4, -0.2) is 97.4 Å². The zero-order valence-corrected chi connectivity index (χ0v) is 25.3. The minimum Gasteiger partial charge on any atom is -0.366 e. The standard InChI is InChI=1S/C28H47N7O.C2H6/c1-7-9-16-27(34(6)22-35(8-2)19-12-18-32(3)4)31-24(20-26(29)36)21-33(5)25-15-10-13-23-14-11-17-30-28(23)25;1-2/h9,11,14,16-17,20,25H,7-8,10,12-13,15,18-19,21-22H2,1-6H3,(H2,29,36);1-2H3/b16-9-,24-20+,31-27+;. The Morgan fingerprint density at radius 3 is 2.55 bits per heavy atom. The first-order chi connectivity index (χ1) is 18.2. The number of aliphatic imine (C=N–C) groups is 1. The highest BCUT2D eigenvalue weighted by atomic mass is 16.1. The van der Waals surface area contributed by atoms with Crippen molar-refractivity contribution in [3.8, 4) is 0 Å². The summed E-state index contributed by atoms with van der Waals surface area (Å²) < 4.78 is 0. The number of allylic oxidation sites excluding steroid dienone is 1. The lowest BCUT2D eigenvalue weighted by atomic mass is 9.91. The van der Waals surface area contributed by atoms with Gasteiger partial charge in [-0.3, -0.25) is 19.6 Å². The third kappa shape index (κ3) is 11.9. The van der Waals surface area contributed by atoms with Crippen molar-refractivity contribution in [1.29, 1.82) is 0 Å². The Kier molecular flexibility index (Phi) is 16.4. The van der Waals surface area contributed by atoms with E-state index in [1.165, 1.54) is 11.6 Å². The van der Waals surface area contributed by atoms with Crippen molar-refractivity contribution in [3.63, 3.8) is 0 Å². The van der Waals surface area contributed by atoms with Crippen LogP contribution < -0.4 is 5.73 Å². The van der Waals surface area contributed by atoms with Gasteiger partial charge in [0.25, 0.3) is 0 Å². The summed E-state index contributed by atoms with van der Waals surface area (Å²) in [4.78, 5) is 30.6. The topological polar surface area (TPSA) is 81.3 Å². The van der Waals surface area contributed by atoms with Crippen LogP contribution in [0.1, 0.15) is 70.7 Å². The van der Waals surface area contributed by atoms with Gasteiger partial charge in [0.1, 0.15) is 5.84 Å². The van der Waals surface area contributed by atoms with Gasteiger partial charge in [0.05, 0.1) is 24.1 Å². The summed E-state index contributed by atoms with van der Waals surface area (Å²) in [6.45, 7) is 12.6. The molecule has 2 N–H and O–H groups in total. The molecule has 0 saturated heterocycles. The lowest BCUT2D eigenvalue weighted by Gasteiger charge is -2.32. The summed E-state index contributed by atoms with van der Waals surface area (Å²) in [5.41, 5.74) is 8.70. The number of hydrogen-bond acceptors (Lipinski definition) is 6. The van der Waals surface area contributed by atoms with Crippen molar-refractivity contribution in [2.45, 2.75) is 65.8 Å². The normalized spacial score (nSPS) is 16.1. The minimum atomic E-state index is -0.482. The molecule has 0 aliphatic heterocycles. The smallest absolute Gasteiger partial charge is 0.243 e. The molecule has 0 fully saturated rings. The number of primary amides is 1. The fourth-order valence-electron chi connectivity index (χ4n) is 4.59. The van der Waals surface area contributed by atoms with Gasteiger partial charge in [-0.2, -0.15) is 0 Å². The summed E-state index contributed by atoms with van der Waals surface area (Å²) >= 11 is 0. The van der Waals surface area contributed by atoms with Crippen molar-refractivity contribution in [2.24, 2.45) is 10.7 Å². The number of carbonyl (C=O) groups is 1. The molecule has 214 valence electrons. The van der Waals surface area contributed by atoms with Crippen LogP contribution in [0.4, 0.5) is 0 Å². The van der Waals surface area contributed by atoms with Gasteiger partial charge in [0.2, 0.25) is 5.91 Å². The average Bonchev–Trinajstić information content (AvgIpc) is 2.90. The summed E-state index contributed by atoms with van der Waals surface area (Å²) in [5, 5.41) is 0. The van der Waals surface area contributed by atoms with Gasteiger partial charge >= 0.3 is 0 Å². The van der Waals surface area contributed by atoms with Crippen LogP contribution in [-0.2, 0) is 11.2 Å². The van der Waals surface area contributed by atoms with Gasteiger partial charge in [-0.25, -0.2) is 4.99 Å². The maximum absolute atomic E-state index is 11.9. The molecule has 2 rings (SSSR count). The first kappa shape index (κ1) is 33.5. The van der Waals surface area contributed by atoms with Gasteiger partial charge in [0, 0.05) is 32.4 Å². The predicted octanol–water partition coefficient (Wildman–Crippen LogP) is 4.31. The van der Waals surface area contributed by atoms with E-state index in [1.54, 1.807) is 0 Å². The predicted molar refractivity (Wildman–Crippen MR) is 161 cm³/mol. The fourth-order valence-corrected chi connectivity index (χ4v) is 4.59. The van der Waals surface area contributed by atoms with E-state index in [9.17, 15) is 4.79 Å². The van der Waals surface area contributed by atoms with Crippen molar-refractivity contribution in [2.75, 3.05) is 61.0 Å². The number of fused-ring (bicyclic) bond motifs is 1. The molecule has 1 aromatic rings. The molecule has 0 spiro atoms. The molecule has 8 nitrogen and oxygen atoms in total. The average molecular weight is 528 g/mol. The molecule has 1 atom stereocenters. The Hall–Kier alpha value is -2.55. The van der Waals surface area contributed by atoms with Crippen molar-refractivity contribution in [3.05, 3.63) is 53.5 Å². The number of rotatable bonds is 14. The van der Waals surface area contributed by atoms with Crippen LogP contribution in [0.25, 0.3) is 0 Å². The quantitative estimate of drug-likeness (QED) is 0.168. The number of nitrogens with zero attached hydrogens (tertiary/aromatic N) is 6. The molecule has 1 heterocycles. The summed E-state index contributed by atoms with van der Waals surface area (Å²) in [6, 6.07) is 4.37. The van der Waals surface area contributed by atoms with E-state index < -0.39 is 5.91 Å². The highest BCUT2D eigenvalue weighted by molar-refractivity contribution is 5.94. The number of likely N-dealkylation sites (N-methyl/N-ethyl adjacent to an activating group) is 2. The number of pyridine rings is 1. The van der Waals surface area contributed by atoms with E-state index in [2.05, 4.69) is 78.8 Å². The molecule has 38 heavy (non-hydrogen) atoms. The van der Waals surface area contributed by atoms with Gasteiger partial charge in [-0.1, -0.05) is 39.8 Å². The minimum absolute atomic E-state index is 0.195. The maximum Gasteiger partial charge on any atom is 0.243 e. The van der Waals surface area contributed by atoms with Crippen LogP contribution >= 0.6 is 0 Å². The number of hydrogen-bond donors (Lipinski definition) is 1. The molecule has 0 bridgehead atoms. The number of amidine groups is 1. The Morgan fingerprint density at radius 1 is 1.18 bits per heavy atom. The zero-order chi connectivity index (χ0) is 28.5. The lowest BCUT2D eigenvalue weighted by molar-refractivity contribution is -0.113. The van der Waals surface area contributed by atoms with Crippen molar-refractivity contribution >= 4 is 11.7 Å².